The number of nitrogens with one attached hydrogen (secondary N) is 1. The third kappa shape index (κ3) is 3.03. The van der Waals surface area contributed by atoms with Crippen molar-refractivity contribution in [3.05, 3.63) is 50.9 Å². The molecule has 26 heavy (non-hydrogen) atoms. The summed E-state index contributed by atoms with van der Waals surface area (Å²) in [5.41, 5.74) is -0.343. The predicted molar refractivity (Wildman–Crippen MR) is 96.9 cm³/mol. The normalized spacial score (nSPS) is 11.1. The molecule has 0 bridgehead atoms. The Morgan fingerprint density at radius 1 is 1.15 bits per heavy atom. The van der Waals surface area contributed by atoms with Crippen LogP contribution in [0, 0.1) is 5.82 Å². The third-order valence-electron chi connectivity index (χ3n) is 3.90. The number of anilines is 1. The van der Waals surface area contributed by atoms with Crippen molar-refractivity contribution in [3.8, 4) is 0 Å². The third-order valence-corrected chi connectivity index (χ3v) is 4.93. The van der Waals surface area contributed by atoms with Crippen LogP contribution >= 0.6 is 11.8 Å². The minimum absolute atomic E-state index is 0.0280. The Hall–Kier alpha value is -2.88. The average molecular weight is 377 g/mol. The minimum Gasteiger partial charge on any atom is -0.323 e. The number of aryl methyl sites for hydroxylation is 2. The number of amides is 1. The van der Waals surface area contributed by atoms with E-state index in [1.165, 1.54) is 29.8 Å². The fourth-order valence-corrected chi connectivity index (χ4v) is 3.34. The maximum atomic E-state index is 13.6. The molecule has 0 radical (unpaired) electrons. The monoisotopic (exact) mass is 377 g/mol. The number of aromatic nitrogens is 4. The summed E-state index contributed by atoms with van der Waals surface area (Å²) < 4.78 is 17.5. The summed E-state index contributed by atoms with van der Waals surface area (Å²) in [5, 5.41) is 2.89. The number of para-hydroxylation sites is 1. The number of halogens is 1. The van der Waals surface area contributed by atoms with E-state index in [1.54, 1.807) is 24.7 Å². The molecule has 10 heteroatoms. The van der Waals surface area contributed by atoms with Crippen LogP contribution in [0.5, 0.6) is 0 Å². The van der Waals surface area contributed by atoms with Crippen LogP contribution in [0.2, 0.25) is 0 Å². The molecule has 3 aromatic rings. The van der Waals surface area contributed by atoms with Gasteiger partial charge in [-0.3, -0.25) is 18.7 Å². The van der Waals surface area contributed by atoms with Gasteiger partial charge in [0.1, 0.15) is 5.82 Å². The van der Waals surface area contributed by atoms with Crippen LogP contribution in [0.4, 0.5) is 10.1 Å². The van der Waals surface area contributed by atoms with Crippen molar-refractivity contribution in [1.29, 1.82) is 0 Å². The van der Waals surface area contributed by atoms with Crippen molar-refractivity contribution < 1.29 is 9.18 Å². The van der Waals surface area contributed by atoms with Gasteiger partial charge in [-0.2, -0.15) is 0 Å². The van der Waals surface area contributed by atoms with Crippen LogP contribution < -0.4 is 16.6 Å². The van der Waals surface area contributed by atoms with E-state index in [2.05, 4.69) is 10.3 Å². The fraction of sp³-hybridized carbons (Fsp3) is 0.250. The lowest BCUT2D eigenvalue weighted by Crippen LogP contribution is -2.37. The highest BCUT2D eigenvalue weighted by molar-refractivity contribution is 7.99. The largest absolute Gasteiger partial charge is 0.332 e. The predicted octanol–water partition coefficient (Wildman–Crippen LogP) is 0.841. The van der Waals surface area contributed by atoms with E-state index in [0.29, 0.717) is 10.8 Å². The summed E-state index contributed by atoms with van der Waals surface area (Å²) in [7, 11) is 4.59. The SMILES string of the molecule is Cn1c(=O)c2nc(SCC(=O)Nc3ccccc3F)n(C)c2n(C)c1=O. The second-order valence-corrected chi connectivity index (χ2v) is 6.59. The molecule has 3 rings (SSSR count). The number of carbonyl (C=O) groups is 1. The van der Waals surface area contributed by atoms with E-state index in [9.17, 15) is 18.8 Å². The van der Waals surface area contributed by atoms with Crippen LogP contribution in [-0.2, 0) is 25.9 Å². The smallest absolute Gasteiger partial charge is 0.323 e. The van der Waals surface area contributed by atoms with Crippen molar-refractivity contribution in [2.45, 2.75) is 5.16 Å². The van der Waals surface area contributed by atoms with Gasteiger partial charge in [-0.15, -0.1) is 0 Å². The Labute approximate surface area is 151 Å². The van der Waals surface area contributed by atoms with Gasteiger partial charge in [0.25, 0.3) is 5.56 Å². The van der Waals surface area contributed by atoms with E-state index in [-0.39, 0.29) is 17.0 Å². The van der Waals surface area contributed by atoms with Crippen LogP contribution in [0.3, 0.4) is 0 Å². The molecule has 1 N–H and O–H groups in total. The summed E-state index contributed by atoms with van der Waals surface area (Å²) in [6.45, 7) is 0. The zero-order valence-corrected chi connectivity index (χ0v) is 15.1. The maximum absolute atomic E-state index is 13.6. The van der Waals surface area contributed by atoms with Gasteiger partial charge < -0.3 is 9.88 Å². The zero-order valence-electron chi connectivity index (χ0n) is 14.3. The lowest BCUT2D eigenvalue weighted by atomic mass is 10.3. The summed E-state index contributed by atoms with van der Waals surface area (Å²) in [4.78, 5) is 40.6. The van der Waals surface area contributed by atoms with E-state index in [4.69, 9.17) is 0 Å². The first kappa shape index (κ1) is 17.9. The first-order chi connectivity index (χ1) is 12.3. The number of imidazole rings is 1. The van der Waals surface area contributed by atoms with Crippen molar-refractivity contribution in [3.63, 3.8) is 0 Å². The molecule has 0 atom stereocenters. The van der Waals surface area contributed by atoms with Gasteiger partial charge in [-0.1, -0.05) is 23.9 Å². The minimum atomic E-state index is -0.521. The molecule has 0 saturated heterocycles. The summed E-state index contributed by atoms with van der Waals surface area (Å²) in [6, 6.07) is 5.87. The van der Waals surface area contributed by atoms with Crippen molar-refractivity contribution >= 4 is 34.5 Å². The average Bonchev–Trinajstić information content (AvgIpc) is 2.95. The molecule has 0 saturated carbocycles. The molecular weight excluding hydrogens is 361 g/mol. The molecule has 0 aliphatic heterocycles. The second kappa shape index (κ2) is 6.79. The number of hydrogen-bond acceptors (Lipinski definition) is 5. The van der Waals surface area contributed by atoms with Gasteiger partial charge in [0.05, 0.1) is 11.4 Å². The highest BCUT2D eigenvalue weighted by atomic mass is 32.2. The highest BCUT2D eigenvalue weighted by Crippen LogP contribution is 2.21. The molecular formula is C16H16FN5O3S. The number of carbonyl (C=O) groups excluding carboxylic acids is 1. The molecule has 0 aliphatic carbocycles. The number of thioether (sulfide) groups is 1. The number of fused-ring (bicyclic) bond motifs is 1. The molecule has 136 valence electrons. The van der Waals surface area contributed by atoms with Crippen LogP contribution in [0.25, 0.3) is 11.2 Å². The standard InChI is InChI=1S/C16H16FN5O3S/c1-20-13-12(14(24)22(3)16(25)21(13)2)19-15(20)26-8-11(23)18-10-7-5-4-6-9(10)17/h4-7H,8H2,1-3H3,(H,18,23). The number of nitrogens with zero attached hydrogens (tertiary/aromatic N) is 4. The van der Waals surface area contributed by atoms with Gasteiger partial charge in [0, 0.05) is 21.1 Å². The van der Waals surface area contributed by atoms with E-state index < -0.39 is 23.0 Å². The van der Waals surface area contributed by atoms with Crippen molar-refractivity contribution in [2.24, 2.45) is 21.1 Å². The summed E-state index contributed by atoms with van der Waals surface area (Å²) in [5.74, 6) is -0.958. The number of hydrogen-bond donors (Lipinski definition) is 1. The lowest BCUT2D eigenvalue weighted by molar-refractivity contribution is -0.113. The Morgan fingerprint density at radius 3 is 2.54 bits per heavy atom. The van der Waals surface area contributed by atoms with E-state index in [1.807, 2.05) is 0 Å². The topological polar surface area (TPSA) is 90.9 Å². The van der Waals surface area contributed by atoms with Gasteiger partial charge in [0.2, 0.25) is 5.91 Å². The number of benzene rings is 1. The van der Waals surface area contributed by atoms with Gasteiger partial charge in [-0.25, -0.2) is 14.2 Å². The van der Waals surface area contributed by atoms with Crippen LogP contribution in [-0.4, -0.2) is 30.3 Å². The second-order valence-electron chi connectivity index (χ2n) is 5.65. The first-order valence-corrected chi connectivity index (χ1v) is 8.59. The van der Waals surface area contributed by atoms with E-state index in [0.717, 1.165) is 16.3 Å². The summed E-state index contributed by atoms with van der Waals surface area (Å²) >= 11 is 1.09. The molecule has 0 unspecified atom stereocenters. The maximum Gasteiger partial charge on any atom is 0.332 e. The van der Waals surface area contributed by atoms with E-state index >= 15 is 0 Å². The Bertz CT molecular complexity index is 1130. The zero-order chi connectivity index (χ0) is 19.0. The molecule has 0 spiro atoms. The number of rotatable bonds is 4. The van der Waals surface area contributed by atoms with Crippen LogP contribution in [0.15, 0.2) is 39.0 Å². The fourth-order valence-electron chi connectivity index (χ4n) is 2.57. The quantitative estimate of drug-likeness (QED) is 0.681. The Morgan fingerprint density at radius 2 is 1.85 bits per heavy atom. The molecule has 2 aromatic heterocycles. The van der Waals surface area contributed by atoms with Crippen LogP contribution in [0.1, 0.15) is 0 Å². The van der Waals surface area contributed by atoms with Crippen molar-refractivity contribution in [2.75, 3.05) is 11.1 Å². The first-order valence-electron chi connectivity index (χ1n) is 7.61. The summed E-state index contributed by atoms with van der Waals surface area (Å²) in [6.07, 6.45) is 0. The lowest BCUT2D eigenvalue weighted by Gasteiger charge is -2.07. The molecule has 1 amide bonds. The molecule has 1 aromatic carbocycles. The van der Waals surface area contributed by atoms with Gasteiger partial charge in [-0.05, 0) is 12.1 Å². The highest BCUT2D eigenvalue weighted by Gasteiger charge is 2.18. The van der Waals surface area contributed by atoms with Crippen molar-refractivity contribution in [1.82, 2.24) is 18.7 Å². The molecule has 0 aliphatic rings. The molecule has 0 fully saturated rings. The van der Waals surface area contributed by atoms with Gasteiger partial charge in [0.15, 0.2) is 16.3 Å². The Kier molecular flexibility index (Phi) is 4.68. The van der Waals surface area contributed by atoms with Gasteiger partial charge >= 0.3 is 5.69 Å². The molecule has 8 nitrogen and oxygen atoms in total. The molecule has 2 heterocycles. The Balaban J connectivity index is 1.85.